The number of alkyl carbamates (subject to hydrolysis) is 1. The molecule has 0 heterocycles. The van der Waals surface area contributed by atoms with E-state index < -0.39 is 18.7 Å². The van der Waals surface area contributed by atoms with Crippen molar-refractivity contribution >= 4 is 13.5 Å². The molecular weight excluding hydrogens is 277 g/mol. The highest BCUT2D eigenvalue weighted by Gasteiger charge is 2.63. The zero-order valence-electron chi connectivity index (χ0n) is 11.3. The summed E-state index contributed by atoms with van der Waals surface area (Å²) in [5, 5.41) is 1.42. The molecule has 0 aromatic heterocycles. The number of nitrogens with one attached hydrogen (secondary N) is 1. The molecule has 0 spiro atoms. The van der Waals surface area contributed by atoms with Gasteiger partial charge in [-0.15, -0.1) is 6.58 Å². The summed E-state index contributed by atoms with van der Waals surface area (Å²) in [5.74, 6) is -0.187. The molecule has 0 saturated heterocycles. The van der Waals surface area contributed by atoms with Gasteiger partial charge < -0.3 is 14.9 Å². The molecule has 1 aliphatic carbocycles. The molecule has 0 aliphatic heterocycles. The lowest BCUT2D eigenvalue weighted by Crippen LogP contribution is -2.38. The van der Waals surface area contributed by atoms with Crippen LogP contribution in [0, 0.1) is 5.92 Å². The number of benzene rings is 1. The van der Waals surface area contributed by atoms with Crippen LogP contribution in [0.3, 0.4) is 0 Å². The summed E-state index contributed by atoms with van der Waals surface area (Å²) in [5.41, 5.74) is 0.858. The molecule has 1 fully saturated rings. The maximum absolute atomic E-state index is 11.9. The van der Waals surface area contributed by atoms with Gasteiger partial charge in [0, 0.05) is 12.6 Å². The topological polar surface area (TPSA) is 75.6 Å². The second-order valence-electron chi connectivity index (χ2n) is 5.04. The van der Waals surface area contributed by atoms with Crippen molar-refractivity contribution in [3.8, 4) is 0 Å². The van der Waals surface area contributed by atoms with Gasteiger partial charge in [-0.3, -0.25) is 4.57 Å². The van der Waals surface area contributed by atoms with Crippen molar-refractivity contribution in [3.05, 3.63) is 48.6 Å². The highest BCUT2D eigenvalue weighted by atomic mass is 31.2. The zero-order chi connectivity index (χ0) is 14.8. The van der Waals surface area contributed by atoms with Crippen molar-refractivity contribution in [2.45, 2.75) is 18.3 Å². The SMILES string of the molecule is C=CC1CC1(NC(=O)OCc1ccccc1)P(C)(=O)O. The second kappa shape index (κ2) is 5.43. The third-order valence-electron chi connectivity index (χ3n) is 3.54. The standard InChI is InChI=1S/C14H18NO4P/c1-3-12-9-14(12,20(2,17)18)15-13(16)19-10-11-7-5-4-6-8-11/h3-8,12H,1,9-10H2,2H3,(H,15,16)(H,17,18). The number of hydrogen-bond donors (Lipinski definition) is 2. The smallest absolute Gasteiger partial charge is 0.408 e. The van der Waals surface area contributed by atoms with Gasteiger partial charge in [0.05, 0.1) is 0 Å². The lowest BCUT2D eigenvalue weighted by Gasteiger charge is -2.21. The van der Waals surface area contributed by atoms with Crippen LogP contribution in [0.4, 0.5) is 4.79 Å². The third-order valence-corrected chi connectivity index (χ3v) is 5.65. The largest absolute Gasteiger partial charge is 0.445 e. The maximum Gasteiger partial charge on any atom is 0.408 e. The van der Waals surface area contributed by atoms with E-state index in [-0.39, 0.29) is 12.5 Å². The zero-order valence-corrected chi connectivity index (χ0v) is 12.2. The molecule has 1 saturated carbocycles. The molecule has 2 rings (SSSR count). The van der Waals surface area contributed by atoms with Gasteiger partial charge in [0.15, 0.2) is 0 Å². The summed E-state index contributed by atoms with van der Waals surface area (Å²) in [6, 6.07) is 9.24. The van der Waals surface area contributed by atoms with Crippen molar-refractivity contribution in [3.63, 3.8) is 0 Å². The van der Waals surface area contributed by atoms with Crippen molar-refractivity contribution < 1.29 is 19.0 Å². The first-order valence-corrected chi connectivity index (χ1v) is 8.41. The molecule has 1 aliphatic rings. The highest BCUT2D eigenvalue weighted by Crippen LogP contribution is 2.67. The summed E-state index contributed by atoms with van der Waals surface area (Å²) < 4.78 is 17.0. The van der Waals surface area contributed by atoms with Crippen LogP contribution in [0.2, 0.25) is 0 Å². The lowest BCUT2D eigenvalue weighted by molar-refractivity contribution is 0.136. The summed E-state index contributed by atoms with van der Waals surface area (Å²) in [4.78, 5) is 21.6. The quantitative estimate of drug-likeness (QED) is 0.647. The summed E-state index contributed by atoms with van der Waals surface area (Å²) in [6.07, 6.45) is 1.32. The molecule has 1 aromatic carbocycles. The Hall–Kier alpha value is -1.58. The number of hydrogen-bond acceptors (Lipinski definition) is 3. The molecule has 3 unspecified atom stereocenters. The fourth-order valence-electron chi connectivity index (χ4n) is 2.22. The molecule has 1 amide bonds. The fraction of sp³-hybridized carbons (Fsp3) is 0.357. The Morgan fingerprint density at radius 1 is 1.60 bits per heavy atom. The first kappa shape index (κ1) is 14.8. The van der Waals surface area contributed by atoms with Crippen LogP contribution < -0.4 is 5.32 Å². The first-order chi connectivity index (χ1) is 9.39. The monoisotopic (exact) mass is 295 g/mol. The minimum atomic E-state index is -3.46. The van der Waals surface area contributed by atoms with Crippen LogP contribution in [0.5, 0.6) is 0 Å². The van der Waals surface area contributed by atoms with Crippen LogP contribution in [-0.2, 0) is 15.9 Å². The maximum atomic E-state index is 11.9. The van der Waals surface area contributed by atoms with Gasteiger partial charge in [-0.25, -0.2) is 4.79 Å². The number of amides is 1. The Morgan fingerprint density at radius 3 is 2.75 bits per heavy atom. The Bertz CT molecular complexity index is 554. The van der Waals surface area contributed by atoms with Crippen LogP contribution in [-0.4, -0.2) is 22.9 Å². The molecule has 2 N–H and O–H groups in total. The molecule has 3 atom stereocenters. The molecule has 20 heavy (non-hydrogen) atoms. The van der Waals surface area contributed by atoms with E-state index in [4.69, 9.17) is 4.74 Å². The second-order valence-corrected chi connectivity index (χ2v) is 7.59. The van der Waals surface area contributed by atoms with E-state index in [1.165, 1.54) is 6.66 Å². The van der Waals surface area contributed by atoms with Crippen LogP contribution >= 0.6 is 7.37 Å². The molecule has 0 bridgehead atoms. The van der Waals surface area contributed by atoms with E-state index in [2.05, 4.69) is 11.9 Å². The van der Waals surface area contributed by atoms with Crippen LogP contribution in [0.15, 0.2) is 43.0 Å². The minimum Gasteiger partial charge on any atom is -0.445 e. The van der Waals surface area contributed by atoms with E-state index in [1.807, 2.05) is 30.3 Å². The first-order valence-electron chi connectivity index (χ1n) is 6.31. The van der Waals surface area contributed by atoms with Gasteiger partial charge >= 0.3 is 6.09 Å². The number of ether oxygens (including phenoxy) is 1. The van der Waals surface area contributed by atoms with Crippen molar-refractivity contribution in [1.29, 1.82) is 0 Å². The van der Waals surface area contributed by atoms with Gasteiger partial charge in [0.1, 0.15) is 11.9 Å². The Labute approximate surface area is 118 Å². The van der Waals surface area contributed by atoms with E-state index in [0.717, 1.165) is 5.56 Å². The Morgan fingerprint density at radius 2 is 2.25 bits per heavy atom. The predicted molar refractivity (Wildman–Crippen MR) is 76.5 cm³/mol. The van der Waals surface area contributed by atoms with Gasteiger partial charge in [-0.1, -0.05) is 36.4 Å². The van der Waals surface area contributed by atoms with E-state index in [9.17, 15) is 14.3 Å². The van der Waals surface area contributed by atoms with Crippen molar-refractivity contribution in [1.82, 2.24) is 5.32 Å². The summed E-state index contributed by atoms with van der Waals surface area (Å²) in [7, 11) is -3.46. The van der Waals surface area contributed by atoms with Gasteiger partial charge in [0.25, 0.3) is 0 Å². The molecule has 6 heteroatoms. The molecule has 0 radical (unpaired) electrons. The van der Waals surface area contributed by atoms with Crippen molar-refractivity contribution in [2.24, 2.45) is 5.92 Å². The Kier molecular flexibility index (Phi) is 4.02. The molecule has 5 nitrogen and oxygen atoms in total. The molecule has 1 aromatic rings. The van der Waals surface area contributed by atoms with Gasteiger partial charge in [-0.2, -0.15) is 0 Å². The Balaban J connectivity index is 1.94. The van der Waals surface area contributed by atoms with Crippen LogP contribution in [0.1, 0.15) is 12.0 Å². The van der Waals surface area contributed by atoms with Crippen molar-refractivity contribution in [2.75, 3.05) is 6.66 Å². The number of rotatable bonds is 5. The van der Waals surface area contributed by atoms with E-state index in [0.29, 0.717) is 6.42 Å². The average Bonchev–Trinajstić information content (AvgIpc) is 3.12. The van der Waals surface area contributed by atoms with E-state index in [1.54, 1.807) is 6.08 Å². The highest BCUT2D eigenvalue weighted by molar-refractivity contribution is 7.59. The predicted octanol–water partition coefficient (Wildman–Crippen LogP) is 2.72. The number of carbonyl (C=O) groups is 1. The number of carbonyl (C=O) groups excluding carboxylic acids is 1. The normalized spacial score (nSPS) is 27.2. The van der Waals surface area contributed by atoms with Gasteiger partial charge in [0.2, 0.25) is 7.37 Å². The fourth-order valence-corrected chi connectivity index (χ4v) is 3.77. The third kappa shape index (κ3) is 2.94. The van der Waals surface area contributed by atoms with E-state index >= 15 is 0 Å². The summed E-state index contributed by atoms with van der Waals surface area (Å²) in [6.45, 7) is 4.98. The lowest BCUT2D eigenvalue weighted by atomic mass is 10.2. The van der Waals surface area contributed by atoms with Crippen LogP contribution in [0.25, 0.3) is 0 Å². The average molecular weight is 295 g/mol. The molecule has 108 valence electrons. The minimum absolute atomic E-state index is 0.126. The molecular formula is C14H18NO4P. The van der Waals surface area contributed by atoms with Gasteiger partial charge in [-0.05, 0) is 12.0 Å². The summed E-state index contributed by atoms with van der Waals surface area (Å²) >= 11 is 0.